The molecule has 0 nitrogen and oxygen atoms in total. The predicted octanol–water partition coefficient (Wildman–Crippen LogP) is 6.60. The normalized spacial score (nSPS) is 29.6. The molecule has 2 aliphatic rings. The molecule has 0 spiro atoms. The molecule has 1 atom stereocenters. The van der Waals surface area contributed by atoms with Crippen molar-refractivity contribution in [3.05, 3.63) is 16.9 Å². The lowest BCUT2D eigenvalue weighted by atomic mass is 9.33. The van der Waals surface area contributed by atoms with Crippen LogP contribution < -0.4 is 0 Å². The summed E-state index contributed by atoms with van der Waals surface area (Å²) in [4.78, 5) is 0. The molecule has 0 aromatic heterocycles. The average molecular weight is 332 g/mol. The molecular weight excluding hydrogens is 295 g/mol. The molecule has 0 aromatic rings. The van der Waals surface area contributed by atoms with E-state index in [0.717, 1.165) is 23.9 Å². The van der Waals surface area contributed by atoms with Gasteiger partial charge in [0.05, 0.1) is 8.07 Å². The van der Waals surface area contributed by atoms with Crippen molar-refractivity contribution < 1.29 is 0 Å². The lowest BCUT2D eigenvalue weighted by molar-refractivity contribution is 0.411. The number of hydrogen-bond acceptors (Lipinski definition) is 0. The van der Waals surface area contributed by atoms with Gasteiger partial charge in [0.1, 0.15) is 0 Å². The Balaban J connectivity index is 2.45. The van der Waals surface area contributed by atoms with Crippen LogP contribution in [0.25, 0.3) is 0 Å². The molecule has 2 heterocycles. The summed E-state index contributed by atoms with van der Waals surface area (Å²) in [6.07, 6.45) is 8.94. The number of allylic oxidation sites excluding steroid dienone is 1. The summed E-state index contributed by atoms with van der Waals surface area (Å²) in [7, 11) is -2.28. The quantitative estimate of drug-likeness (QED) is 0.403. The molecule has 2 rings (SSSR count). The van der Waals surface area contributed by atoms with Gasteiger partial charge in [-0.05, 0) is 12.8 Å². The molecule has 0 saturated carbocycles. The van der Waals surface area contributed by atoms with Crippen LogP contribution in [0.2, 0.25) is 50.5 Å². The average Bonchev–Trinajstić information content (AvgIpc) is 2.62. The van der Waals surface area contributed by atoms with Gasteiger partial charge in [-0.1, -0.05) is 100 Å². The topological polar surface area (TPSA) is 0 Å². The van der Waals surface area contributed by atoms with E-state index in [1.807, 2.05) is 0 Å². The number of rotatable bonds is 3. The molecule has 2 bridgehead atoms. The first kappa shape index (κ1) is 18.4. The lowest BCUT2D eigenvalue weighted by Gasteiger charge is -2.39. The highest BCUT2D eigenvalue weighted by Gasteiger charge is 2.48. The third-order valence-electron chi connectivity index (χ3n) is 5.94. The van der Waals surface area contributed by atoms with E-state index in [4.69, 9.17) is 0 Å². The highest BCUT2D eigenvalue weighted by atomic mass is 28.3. The van der Waals surface area contributed by atoms with Gasteiger partial charge in [0.15, 0.2) is 6.71 Å². The molecule has 2 aliphatic heterocycles. The fourth-order valence-corrected chi connectivity index (χ4v) is 9.18. The minimum atomic E-state index is -1.14. The Bertz CT molecular complexity index is 439. The third kappa shape index (κ3) is 4.52. The van der Waals surface area contributed by atoms with Crippen LogP contribution in [0, 0.1) is 5.92 Å². The molecule has 0 aromatic carbocycles. The third-order valence-corrected chi connectivity index (χ3v) is 9.78. The first-order valence-electron chi connectivity index (χ1n) is 9.54. The molecular formula is C19H37BSi2. The Hall–Kier alpha value is 0.0187. The van der Waals surface area contributed by atoms with Crippen molar-refractivity contribution in [3.63, 3.8) is 0 Å². The summed E-state index contributed by atoms with van der Waals surface area (Å²) >= 11 is 0. The van der Waals surface area contributed by atoms with Crippen molar-refractivity contribution in [3.8, 4) is 0 Å². The van der Waals surface area contributed by atoms with Gasteiger partial charge in [0.2, 0.25) is 0 Å². The second-order valence-electron chi connectivity index (χ2n) is 10.1. The second kappa shape index (κ2) is 6.87. The summed E-state index contributed by atoms with van der Waals surface area (Å²) in [6.45, 7) is 18.4. The van der Waals surface area contributed by atoms with Crippen LogP contribution in [0.5, 0.6) is 0 Å². The van der Waals surface area contributed by atoms with Crippen molar-refractivity contribution in [1.82, 2.24) is 0 Å². The first-order chi connectivity index (χ1) is 10.1. The van der Waals surface area contributed by atoms with E-state index in [9.17, 15) is 0 Å². The van der Waals surface area contributed by atoms with Crippen LogP contribution in [0.15, 0.2) is 16.9 Å². The number of fused-ring (bicyclic) bond motifs is 3. The van der Waals surface area contributed by atoms with Crippen molar-refractivity contribution >= 4 is 22.9 Å². The van der Waals surface area contributed by atoms with E-state index < -0.39 is 16.1 Å². The van der Waals surface area contributed by atoms with Gasteiger partial charge >= 0.3 is 0 Å². The fraction of sp³-hybridized carbons (Fsp3) is 0.842. The molecule has 0 radical (unpaired) electrons. The van der Waals surface area contributed by atoms with E-state index in [0.29, 0.717) is 0 Å². The smallest absolute Gasteiger partial charge is 0.140 e. The maximum atomic E-state index is 3.81. The van der Waals surface area contributed by atoms with Crippen molar-refractivity contribution in [2.45, 2.75) is 96.0 Å². The minimum absolute atomic E-state index is 0.842. The van der Waals surface area contributed by atoms with Gasteiger partial charge in [-0.25, -0.2) is 0 Å². The SMILES string of the molecule is CC(=C=C[Si](C)(C)C)B1C2CCCC(CCC2)[C@H]1[Si](C)(C)C. The Morgan fingerprint density at radius 1 is 0.955 bits per heavy atom. The van der Waals surface area contributed by atoms with E-state index in [1.54, 1.807) is 5.47 Å². The summed E-state index contributed by atoms with van der Waals surface area (Å²) in [5.74, 6) is 1.96. The van der Waals surface area contributed by atoms with Gasteiger partial charge < -0.3 is 0 Å². The Morgan fingerprint density at radius 2 is 1.50 bits per heavy atom. The van der Waals surface area contributed by atoms with Crippen molar-refractivity contribution in [2.75, 3.05) is 0 Å². The van der Waals surface area contributed by atoms with Crippen LogP contribution in [-0.2, 0) is 0 Å². The fourth-order valence-electron chi connectivity index (χ4n) is 5.17. The van der Waals surface area contributed by atoms with Gasteiger partial charge in [0, 0.05) is 8.07 Å². The van der Waals surface area contributed by atoms with Crippen LogP contribution in [0.4, 0.5) is 0 Å². The van der Waals surface area contributed by atoms with E-state index in [-0.39, 0.29) is 0 Å². The van der Waals surface area contributed by atoms with Crippen molar-refractivity contribution in [1.29, 1.82) is 0 Å². The van der Waals surface area contributed by atoms with Gasteiger partial charge in [-0.3, -0.25) is 0 Å². The zero-order valence-electron chi connectivity index (χ0n) is 16.1. The molecule has 0 unspecified atom stereocenters. The predicted molar refractivity (Wildman–Crippen MR) is 108 cm³/mol. The Morgan fingerprint density at radius 3 is 1.95 bits per heavy atom. The Kier molecular flexibility index (Phi) is 5.73. The lowest BCUT2D eigenvalue weighted by Crippen LogP contribution is -2.44. The molecule has 22 heavy (non-hydrogen) atoms. The van der Waals surface area contributed by atoms with Gasteiger partial charge in [-0.15, -0.1) is 5.73 Å². The van der Waals surface area contributed by atoms with E-state index in [2.05, 4.69) is 57.6 Å². The largest absolute Gasteiger partial charge is 0.184 e. The molecule has 0 aliphatic carbocycles. The maximum Gasteiger partial charge on any atom is 0.184 e. The molecule has 2 saturated heterocycles. The first-order valence-corrected chi connectivity index (χ1v) is 16.7. The molecule has 0 amide bonds. The van der Waals surface area contributed by atoms with E-state index in [1.165, 1.54) is 38.5 Å². The summed E-state index contributed by atoms with van der Waals surface area (Å²) in [6, 6.07) is 0. The molecule has 2 fully saturated rings. The molecule has 124 valence electrons. The van der Waals surface area contributed by atoms with Gasteiger partial charge in [0.25, 0.3) is 0 Å². The number of hydrogen-bond donors (Lipinski definition) is 0. The van der Waals surface area contributed by atoms with Gasteiger partial charge in [-0.2, -0.15) is 0 Å². The highest BCUT2D eigenvalue weighted by molar-refractivity contribution is 6.92. The standard InChI is InChI=1S/C19H37BSi2/c1-16(14-15-21(2,3)4)20-18-12-8-10-17(11-9-13-18)19(20)22(5,6)7/h15,17-19H,8-13H2,1-7H3/t14?,17?,18?,19-/m1/s1. The van der Waals surface area contributed by atoms with Crippen LogP contribution in [0.3, 0.4) is 0 Å². The summed E-state index contributed by atoms with van der Waals surface area (Å²) < 4.78 is 0. The summed E-state index contributed by atoms with van der Waals surface area (Å²) in [5.41, 5.74) is 8.86. The zero-order valence-corrected chi connectivity index (χ0v) is 18.1. The second-order valence-corrected chi connectivity index (χ2v) is 20.6. The highest BCUT2D eigenvalue weighted by Crippen LogP contribution is 2.51. The zero-order chi connectivity index (χ0) is 16.5. The van der Waals surface area contributed by atoms with Crippen molar-refractivity contribution in [2.24, 2.45) is 5.92 Å². The Labute approximate surface area is 142 Å². The van der Waals surface area contributed by atoms with Crippen LogP contribution >= 0.6 is 0 Å². The van der Waals surface area contributed by atoms with E-state index >= 15 is 0 Å². The minimum Gasteiger partial charge on any atom is -0.140 e. The molecule has 0 N–H and O–H groups in total. The summed E-state index contributed by atoms with van der Waals surface area (Å²) in [5, 5.41) is 0. The monoisotopic (exact) mass is 332 g/mol. The van der Waals surface area contributed by atoms with Crippen LogP contribution in [0.1, 0.15) is 45.4 Å². The maximum absolute atomic E-state index is 3.81. The van der Waals surface area contributed by atoms with Crippen LogP contribution in [-0.4, -0.2) is 22.9 Å². The molecule has 3 heteroatoms.